The summed E-state index contributed by atoms with van der Waals surface area (Å²) in [5.41, 5.74) is 1.95. The van der Waals surface area contributed by atoms with Crippen molar-refractivity contribution in [2.75, 3.05) is 26.2 Å². The fourth-order valence-corrected chi connectivity index (χ4v) is 4.47. The molecule has 0 spiro atoms. The number of carbonyl (C=O) groups excluding carboxylic acids is 1. The van der Waals surface area contributed by atoms with E-state index in [-0.39, 0.29) is 18.3 Å². The molecule has 2 fully saturated rings. The summed E-state index contributed by atoms with van der Waals surface area (Å²) in [5.74, 6) is 2.46. The number of carbonyl (C=O) groups is 1. The molecule has 0 aliphatic carbocycles. The number of halogens is 2. The maximum Gasteiger partial charge on any atom is 0.226 e. The second-order valence-corrected chi connectivity index (χ2v) is 8.25. The molecule has 0 aromatic heterocycles. The number of hydrogen-bond donors (Lipinski definition) is 1. The molecule has 6 heteroatoms. The minimum absolute atomic E-state index is 0. The van der Waals surface area contributed by atoms with Crippen molar-refractivity contribution in [3.05, 3.63) is 64.7 Å². The largest absolute Gasteiger partial charge is 0.489 e. The van der Waals surface area contributed by atoms with Gasteiger partial charge in [-0.15, -0.1) is 12.4 Å². The smallest absolute Gasteiger partial charge is 0.226 e. The van der Waals surface area contributed by atoms with E-state index >= 15 is 0 Å². The molecule has 1 N–H and O–H groups in total. The second kappa shape index (κ2) is 10.3. The number of nitrogens with one attached hydrogen (secondary N) is 1. The first kappa shape index (κ1) is 21.9. The Labute approximate surface area is 184 Å². The molecule has 1 amide bonds. The van der Waals surface area contributed by atoms with E-state index in [1.807, 2.05) is 48.5 Å². The molecule has 2 aliphatic heterocycles. The Hall–Kier alpha value is -1.75. The molecule has 4 nitrogen and oxygen atoms in total. The van der Waals surface area contributed by atoms with Crippen molar-refractivity contribution in [1.82, 2.24) is 10.2 Å². The van der Waals surface area contributed by atoms with Crippen molar-refractivity contribution in [3.8, 4) is 5.75 Å². The van der Waals surface area contributed by atoms with Crippen LogP contribution in [-0.2, 0) is 17.8 Å². The summed E-state index contributed by atoms with van der Waals surface area (Å²) in [6, 6.07) is 15.5. The van der Waals surface area contributed by atoms with Gasteiger partial charge in [-0.25, -0.2) is 0 Å². The van der Waals surface area contributed by atoms with Crippen LogP contribution < -0.4 is 10.1 Å². The van der Waals surface area contributed by atoms with Crippen molar-refractivity contribution in [1.29, 1.82) is 0 Å². The topological polar surface area (TPSA) is 41.6 Å². The highest BCUT2D eigenvalue weighted by atomic mass is 35.5. The van der Waals surface area contributed by atoms with Gasteiger partial charge in [0.25, 0.3) is 0 Å². The first-order valence-corrected chi connectivity index (χ1v) is 10.5. The molecular weight excluding hydrogens is 407 g/mol. The summed E-state index contributed by atoms with van der Waals surface area (Å²) < 4.78 is 5.89. The van der Waals surface area contributed by atoms with Crippen LogP contribution in [0.25, 0.3) is 0 Å². The number of benzene rings is 2. The van der Waals surface area contributed by atoms with Crippen LogP contribution in [0.4, 0.5) is 0 Å². The van der Waals surface area contributed by atoms with Gasteiger partial charge in [0.05, 0.1) is 6.42 Å². The third kappa shape index (κ3) is 5.65. The van der Waals surface area contributed by atoms with E-state index in [1.165, 1.54) is 0 Å². The van der Waals surface area contributed by atoms with Gasteiger partial charge in [0.1, 0.15) is 12.4 Å². The summed E-state index contributed by atoms with van der Waals surface area (Å²) in [5, 5.41) is 4.19. The molecule has 2 aliphatic rings. The average Bonchev–Trinajstić information content (AvgIpc) is 3.05. The molecule has 0 radical (unpaired) electrons. The van der Waals surface area contributed by atoms with Gasteiger partial charge in [0.2, 0.25) is 5.91 Å². The molecule has 0 unspecified atom stereocenters. The van der Waals surface area contributed by atoms with E-state index in [9.17, 15) is 4.79 Å². The molecule has 2 saturated heterocycles. The average molecular weight is 435 g/mol. The molecule has 2 heterocycles. The Morgan fingerprint density at radius 1 is 1.07 bits per heavy atom. The standard InChI is InChI=1S/C23H27ClN2O2.ClH/c24-22-7-2-1-5-20(22)16-28-21-6-3-4-17(12-21)13-23(27)26-10-8-18-14-25-15-19(18)9-11-26;/h1-7,12,18-19,25H,8-11,13-16H2;1H/t18-,19+;. The van der Waals surface area contributed by atoms with Crippen LogP contribution in [0.15, 0.2) is 48.5 Å². The normalized spacial score (nSPS) is 21.1. The number of ether oxygens (including phenoxy) is 1. The Morgan fingerprint density at radius 2 is 1.79 bits per heavy atom. The van der Waals surface area contributed by atoms with Crippen LogP contribution in [-0.4, -0.2) is 37.0 Å². The van der Waals surface area contributed by atoms with E-state index in [2.05, 4.69) is 10.2 Å². The number of likely N-dealkylation sites (tertiary alicyclic amines) is 1. The van der Waals surface area contributed by atoms with Gasteiger partial charge in [0, 0.05) is 23.7 Å². The van der Waals surface area contributed by atoms with Crippen LogP contribution in [0, 0.1) is 11.8 Å². The summed E-state index contributed by atoms with van der Waals surface area (Å²) in [6.07, 6.45) is 2.66. The number of hydrogen-bond acceptors (Lipinski definition) is 3. The number of amides is 1. The maximum absolute atomic E-state index is 12.8. The predicted octanol–water partition coefficient (Wildman–Crippen LogP) is 4.34. The summed E-state index contributed by atoms with van der Waals surface area (Å²) in [6.45, 7) is 4.39. The number of nitrogens with zero attached hydrogens (tertiary/aromatic N) is 1. The van der Waals surface area contributed by atoms with E-state index in [0.29, 0.717) is 18.1 Å². The molecule has 0 bridgehead atoms. The monoisotopic (exact) mass is 434 g/mol. The second-order valence-electron chi connectivity index (χ2n) is 7.84. The van der Waals surface area contributed by atoms with Crippen LogP contribution >= 0.6 is 24.0 Å². The fourth-order valence-electron chi connectivity index (χ4n) is 4.28. The lowest BCUT2D eigenvalue weighted by atomic mass is 9.92. The van der Waals surface area contributed by atoms with Crippen LogP contribution in [0.3, 0.4) is 0 Å². The molecule has 2 aromatic carbocycles. The van der Waals surface area contributed by atoms with E-state index < -0.39 is 0 Å². The Kier molecular flexibility index (Phi) is 7.82. The minimum Gasteiger partial charge on any atom is -0.489 e. The van der Waals surface area contributed by atoms with Crippen molar-refractivity contribution in [2.45, 2.75) is 25.9 Å². The maximum atomic E-state index is 12.8. The molecular formula is C23H28Cl2N2O2. The molecule has 156 valence electrons. The molecule has 2 atom stereocenters. The third-order valence-corrected chi connectivity index (χ3v) is 6.35. The third-order valence-electron chi connectivity index (χ3n) is 5.98. The molecule has 4 rings (SSSR count). The van der Waals surface area contributed by atoms with E-state index in [4.69, 9.17) is 16.3 Å². The lowest BCUT2D eigenvalue weighted by Crippen LogP contribution is -2.33. The lowest BCUT2D eigenvalue weighted by Gasteiger charge is -2.21. The SMILES string of the molecule is Cl.O=C(Cc1cccc(OCc2ccccc2Cl)c1)N1CC[C@@H]2CNC[C@@H]2CC1. The summed E-state index contributed by atoms with van der Waals surface area (Å²) in [7, 11) is 0. The highest BCUT2D eigenvalue weighted by Gasteiger charge is 2.31. The highest BCUT2D eigenvalue weighted by molar-refractivity contribution is 6.31. The van der Waals surface area contributed by atoms with Gasteiger partial charge in [-0.3, -0.25) is 4.79 Å². The zero-order valence-electron chi connectivity index (χ0n) is 16.5. The van der Waals surface area contributed by atoms with E-state index in [0.717, 1.165) is 67.7 Å². The van der Waals surface area contributed by atoms with Crippen LogP contribution in [0.1, 0.15) is 24.0 Å². The first-order valence-electron chi connectivity index (χ1n) is 10.1. The van der Waals surface area contributed by atoms with E-state index in [1.54, 1.807) is 0 Å². The summed E-state index contributed by atoms with van der Waals surface area (Å²) in [4.78, 5) is 14.9. The molecule has 2 aromatic rings. The van der Waals surface area contributed by atoms with Crippen LogP contribution in [0.5, 0.6) is 5.75 Å². The zero-order chi connectivity index (χ0) is 19.3. The van der Waals surface area contributed by atoms with Crippen molar-refractivity contribution >= 4 is 29.9 Å². The Balaban J connectivity index is 0.00000240. The van der Waals surface area contributed by atoms with Gasteiger partial charge < -0.3 is 15.0 Å². The van der Waals surface area contributed by atoms with Gasteiger partial charge >= 0.3 is 0 Å². The fraction of sp³-hybridized carbons (Fsp3) is 0.435. The minimum atomic E-state index is 0. The van der Waals surface area contributed by atoms with Gasteiger partial charge in [-0.2, -0.15) is 0 Å². The number of rotatable bonds is 5. The summed E-state index contributed by atoms with van der Waals surface area (Å²) >= 11 is 6.19. The molecule has 29 heavy (non-hydrogen) atoms. The predicted molar refractivity (Wildman–Crippen MR) is 119 cm³/mol. The highest BCUT2D eigenvalue weighted by Crippen LogP contribution is 2.27. The Morgan fingerprint density at radius 3 is 2.52 bits per heavy atom. The van der Waals surface area contributed by atoms with Gasteiger partial charge in [-0.1, -0.05) is 41.9 Å². The number of fused-ring (bicyclic) bond motifs is 1. The van der Waals surface area contributed by atoms with Crippen molar-refractivity contribution in [3.63, 3.8) is 0 Å². The Bertz CT molecular complexity index is 816. The first-order chi connectivity index (χ1) is 13.7. The van der Waals surface area contributed by atoms with Crippen molar-refractivity contribution in [2.24, 2.45) is 11.8 Å². The van der Waals surface area contributed by atoms with Gasteiger partial charge in [-0.05, 0) is 61.5 Å². The quantitative estimate of drug-likeness (QED) is 0.760. The van der Waals surface area contributed by atoms with Crippen LogP contribution in [0.2, 0.25) is 5.02 Å². The lowest BCUT2D eigenvalue weighted by molar-refractivity contribution is -0.130. The zero-order valence-corrected chi connectivity index (χ0v) is 18.1. The van der Waals surface area contributed by atoms with Crippen molar-refractivity contribution < 1.29 is 9.53 Å². The molecule has 0 saturated carbocycles. The van der Waals surface area contributed by atoms with Gasteiger partial charge in [0.15, 0.2) is 0 Å².